The Bertz CT molecular complexity index is 1180. The van der Waals surface area contributed by atoms with Crippen molar-refractivity contribution in [2.24, 2.45) is 5.92 Å². The van der Waals surface area contributed by atoms with Crippen LogP contribution in [0.3, 0.4) is 0 Å². The van der Waals surface area contributed by atoms with Crippen LogP contribution in [0.15, 0.2) is 60.7 Å². The Morgan fingerprint density at radius 3 is 2.36 bits per heavy atom. The number of nitrogens with zero attached hydrogens (tertiary/aromatic N) is 1. The Balaban J connectivity index is 1.39. The minimum absolute atomic E-state index is 0.0883. The van der Waals surface area contributed by atoms with Gasteiger partial charge in [-0.25, -0.2) is 0 Å². The third kappa shape index (κ3) is 4.75. The van der Waals surface area contributed by atoms with E-state index in [-0.39, 0.29) is 18.9 Å². The lowest BCUT2D eigenvalue weighted by atomic mass is 10.0. The van der Waals surface area contributed by atoms with E-state index in [1.165, 1.54) is 0 Å². The summed E-state index contributed by atoms with van der Waals surface area (Å²) in [5, 5.41) is 4.74. The summed E-state index contributed by atoms with van der Waals surface area (Å²) in [4.78, 5) is 39.6. The monoisotopic (exact) mass is 444 g/mol. The lowest BCUT2D eigenvalue weighted by Gasteiger charge is -2.23. The van der Waals surface area contributed by atoms with Crippen molar-refractivity contribution in [3.8, 4) is 0 Å². The highest BCUT2D eigenvalue weighted by molar-refractivity contribution is 6.03. The molecule has 1 aliphatic rings. The number of aryl methyl sites for hydroxylation is 2. The van der Waals surface area contributed by atoms with Gasteiger partial charge in [0.1, 0.15) is 0 Å². The molecule has 6 nitrogen and oxygen atoms in total. The quantitative estimate of drug-likeness (QED) is 0.545. The van der Waals surface area contributed by atoms with E-state index in [1.807, 2.05) is 60.7 Å². The Kier molecular flexibility index (Phi) is 6.73. The van der Waals surface area contributed by atoms with Crippen molar-refractivity contribution in [2.45, 2.75) is 33.1 Å². The first-order valence-corrected chi connectivity index (χ1v) is 11.4. The van der Waals surface area contributed by atoms with Gasteiger partial charge in [0.15, 0.2) is 6.61 Å². The summed E-state index contributed by atoms with van der Waals surface area (Å²) in [7, 11) is 0. The molecule has 0 saturated carbocycles. The Morgan fingerprint density at radius 1 is 0.970 bits per heavy atom. The van der Waals surface area contributed by atoms with Crippen LogP contribution in [0.2, 0.25) is 0 Å². The molecule has 0 aliphatic carbocycles. The highest BCUT2D eigenvalue weighted by Crippen LogP contribution is 2.32. The Labute approximate surface area is 193 Å². The Morgan fingerprint density at radius 2 is 1.64 bits per heavy atom. The number of rotatable bonds is 7. The van der Waals surface area contributed by atoms with Crippen LogP contribution < -0.4 is 10.2 Å². The second-order valence-corrected chi connectivity index (χ2v) is 8.22. The predicted octanol–water partition coefficient (Wildman–Crippen LogP) is 4.50. The average molecular weight is 445 g/mol. The summed E-state index contributed by atoms with van der Waals surface area (Å²) in [5.41, 5.74) is 3.76. The van der Waals surface area contributed by atoms with E-state index in [9.17, 15) is 14.4 Å². The van der Waals surface area contributed by atoms with E-state index in [0.29, 0.717) is 5.69 Å². The second kappa shape index (κ2) is 9.86. The van der Waals surface area contributed by atoms with Gasteiger partial charge in [-0.2, -0.15) is 0 Å². The zero-order chi connectivity index (χ0) is 23.4. The van der Waals surface area contributed by atoms with Gasteiger partial charge < -0.3 is 15.0 Å². The fourth-order valence-corrected chi connectivity index (χ4v) is 4.42. The van der Waals surface area contributed by atoms with E-state index in [1.54, 1.807) is 4.90 Å². The van der Waals surface area contributed by atoms with E-state index in [2.05, 4.69) is 19.2 Å². The van der Waals surface area contributed by atoms with Gasteiger partial charge in [0.05, 0.1) is 5.92 Å². The van der Waals surface area contributed by atoms with Crippen molar-refractivity contribution >= 4 is 39.9 Å². The van der Waals surface area contributed by atoms with Crippen LogP contribution in [0.4, 0.5) is 11.4 Å². The Hall–Kier alpha value is -3.67. The number of carbonyl (C=O) groups excluding carboxylic acids is 3. The molecule has 2 amide bonds. The van der Waals surface area contributed by atoms with Crippen molar-refractivity contribution in [1.82, 2.24) is 0 Å². The molecule has 3 aromatic rings. The van der Waals surface area contributed by atoms with Gasteiger partial charge in [-0.05, 0) is 35.4 Å². The van der Waals surface area contributed by atoms with E-state index < -0.39 is 24.4 Å². The van der Waals surface area contributed by atoms with Crippen LogP contribution >= 0.6 is 0 Å². The summed E-state index contributed by atoms with van der Waals surface area (Å²) < 4.78 is 5.29. The van der Waals surface area contributed by atoms with Crippen molar-refractivity contribution < 1.29 is 19.1 Å². The third-order valence-corrected chi connectivity index (χ3v) is 6.10. The van der Waals surface area contributed by atoms with Crippen LogP contribution in [0, 0.1) is 5.92 Å². The molecular formula is C27H28N2O4. The molecule has 0 aromatic heterocycles. The van der Waals surface area contributed by atoms with Crippen LogP contribution in [-0.2, 0) is 32.0 Å². The number of anilines is 2. The van der Waals surface area contributed by atoms with Gasteiger partial charge in [0, 0.05) is 29.7 Å². The van der Waals surface area contributed by atoms with Crippen molar-refractivity contribution in [1.29, 1.82) is 0 Å². The van der Waals surface area contributed by atoms with E-state index in [4.69, 9.17) is 4.74 Å². The maximum atomic E-state index is 12.8. The standard InChI is InChI=1S/C27H28N2O4/c1-3-18-10-7-11-19(4-2)26(18)29-16-21(15-25(29)31)27(32)33-17-24(30)28-23-14-8-12-20-9-5-6-13-22(20)23/h5-14,21H,3-4,15-17H2,1-2H3,(H,28,30)/t21-/m1/s1. The molecule has 1 saturated heterocycles. The molecule has 1 aliphatic heterocycles. The zero-order valence-electron chi connectivity index (χ0n) is 19.0. The molecule has 4 rings (SSSR count). The van der Waals surface area contributed by atoms with Crippen molar-refractivity contribution in [2.75, 3.05) is 23.4 Å². The average Bonchev–Trinajstić information content (AvgIpc) is 3.23. The number of benzene rings is 3. The van der Waals surface area contributed by atoms with Gasteiger partial charge in [-0.1, -0.05) is 68.4 Å². The first-order chi connectivity index (χ1) is 16.0. The maximum absolute atomic E-state index is 12.8. The number of fused-ring (bicyclic) bond motifs is 1. The summed E-state index contributed by atoms with van der Waals surface area (Å²) >= 11 is 0. The number of carbonyl (C=O) groups is 3. The largest absolute Gasteiger partial charge is 0.455 e. The molecule has 0 unspecified atom stereocenters. The number of nitrogens with one attached hydrogen (secondary N) is 1. The zero-order valence-corrected chi connectivity index (χ0v) is 19.0. The topological polar surface area (TPSA) is 75.7 Å². The normalized spacial score (nSPS) is 15.6. The van der Waals surface area contributed by atoms with Crippen LogP contribution in [0.25, 0.3) is 10.8 Å². The van der Waals surface area contributed by atoms with Crippen molar-refractivity contribution in [3.63, 3.8) is 0 Å². The SMILES string of the molecule is CCc1cccc(CC)c1N1C[C@H](C(=O)OCC(=O)Nc2cccc3ccccc23)CC1=O. The number of esters is 1. The predicted molar refractivity (Wildman–Crippen MR) is 129 cm³/mol. The molecule has 0 bridgehead atoms. The highest BCUT2D eigenvalue weighted by atomic mass is 16.5. The summed E-state index contributed by atoms with van der Waals surface area (Å²) in [6.07, 6.45) is 1.69. The van der Waals surface area contributed by atoms with Gasteiger partial charge >= 0.3 is 5.97 Å². The van der Waals surface area contributed by atoms with E-state index >= 15 is 0 Å². The second-order valence-electron chi connectivity index (χ2n) is 8.22. The molecule has 3 aromatic carbocycles. The van der Waals surface area contributed by atoms with E-state index in [0.717, 1.165) is 40.4 Å². The lowest BCUT2D eigenvalue weighted by molar-refractivity contribution is -0.151. The smallest absolute Gasteiger partial charge is 0.311 e. The minimum atomic E-state index is -0.586. The number of ether oxygens (including phenoxy) is 1. The molecule has 170 valence electrons. The molecule has 1 N–H and O–H groups in total. The fraction of sp³-hybridized carbons (Fsp3) is 0.296. The summed E-state index contributed by atoms with van der Waals surface area (Å²) in [5.74, 6) is -1.61. The maximum Gasteiger partial charge on any atom is 0.311 e. The first-order valence-electron chi connectivity index (χ1n) is 11.4. The van der Waals surface area contributed by atoms with Crippen LogP contribution in [-0.4, -0.2) is 30.9 Å². The van der Waals surface area contributed by atoms with Crippen molar-refractivity contribution in [3.05, 3.63) is 71.8 Å². The third-order valence-electron chi connectivity index (χ3n) is 6.10. The molecule has 0 radical (unpaired) electrons. The number of amides is 2. The summed E-state index contributed by atoms with van der Waals surface area (Å²) in [6, 6.07) is 19.4. The van der Waals surface area contributed by atoms with Crippen LogP contribution in [0.5, 0.6) is 0 Å². The molecule has 6 heteroatoms. The first kappa shape index (κ1) is 22.5. The van der Waals surface area contributed by atoms with Gasteiger partial charge in [-0.3, -0.25) is 14.4 Å². The van der Waals surface area contributed by atoms with Crippen LogP contribution in [0.1, 0.15) is 31.4 Å². The molecule has 33 heavy (non-hydrogen) atoms. The minimum Gasteiger partial charge on any atom is -0.455 e. The number of para-hydroxylation sites is 1. The lowest BCUT2D eigenvalue weighted by Crippen LogP contribution is -2.29. The molecular weight excluding hydrogens is 416 g/mol. The van der Waals surface area contributed by atoms with Gasteiger partial charge in [-0.15, -0.1) is 0 Å². The molecule has 0 spiro atoms. The molecule has 1 heterocycles. The van der Waals surface area contributed by atoms with Gasteiger partial charge in [0.25, 0.3) is 5.91 Å². The highest BCUT2D eigenvalue weighted by Gasteiger charge is 2.37. The molecule has 1 atom stereocenters. The number of hydrogen-bond acceptors (Lipinski definition) is 4. The molecule has 1 fully saturated rings. The van der Waals surface area contributed by atoms with Gasteiger partial charge in [0.2, 0.25) is 5.91 Å². The fourth-order valence-electron chi connectivity index (χ4n) is 4.42. The summed E-state index contributed by atoms with van der Waals surface area (Å²) in [6.45, 7) is 3.99. The number of hydrogen-bond donors (Lipinski definition) is 1.